The molecule has 0 amide bonds. The first-order chi connectivity index (χ1) is 5.99. The molecule has 0 spiro atoms. The number of hydrogen-bond acceptors (Lipinski definition) is 2. The molecule has 0 saturated heterocycles. The summed E-state index contributed by atoms with van der Waals surface area (Å²) < 4.78 is 35.7. The number of nitrogens with one attached hydrogen (secondary N) is 1. The molecule has 13 heavy (non-hydrogen) atoms. The van der Waals surface area contributed by atoms with Gasteiger partial charge in [-0.25, -0.2) is 0 Å². The number of unbranched alkanes of at least 4 members (excludes halogenated alkanes) is 2. The Morgan fingerprint density at radius 2 is 1.92 bits per heavy atom. The van der Waals surface area contributed by atoms with Crippen LogP contribution in [0.2, 0.25) is 0 Å². The number of hydrazine groups is 1. The zero-order valence-electron chi connectivity index (χ0n) is 7.82. The van der Waals surface area contributed by atoms with Crippen LogP contribution in [-0.2, 0) is 0 Å². The van der Waals surface area contributed by atoms with Crippen molar-refractivity contribution >= 4 is 0 Å². The number of hydrogen-bond donors (Lipinski definition) is 2. The van der Waals surface area contributed by atoms with E-state index in [-0.39, 0.29) is 0 Å². The number of halogens is 3. The largest absolute Gasteiger partial charge is 0.390 e. The van der Waals surface area contributed by atoms with E-state index in [0.717, 1.165) is 19.3 Å². The maximum absolute atomic E-state index is 11.9. The van der Waals surface area contributed by atoms with Gasteiger partial charge in [0.05, 0.1) is 6.42 Å². The summed E-state index contributed by atoms with van der Waals surface area (Å²) in [5.41, 5.74) is 2.20. The summed E-state index contributed by atoms with van der Waals surface area (Å²) in [7, 11) is 0. The lowest BCUT2D eigenvalue weighted by Gasteiger charge is -2.17. The van der Waals surface area contributed by atoms with Crippen molar-refractivity contribution in [2.75, 3.05) is 0 Å². The summed E-state index contributed by atoms with van der Waals surface area (Å²) in [6.45, 7) is 2.01. The van der Waals surface area contributed by atoms with Crippen LogP contribution in [0.5, 0.6) is 0 Å². The Balaban J connectivity index is 3.63. The molecule has 0 aliphatic heterocycles. The molecular formula is C8H17F3N2. The standard InChI is InChI=1S/C8H17F3N2/c1-2-3-4-5-7(13-12)6-8(9,10)11/h7,13H,2-6,12H2,1H3. The van der Waals surface area contributed by atoms with Gasteiger partial charge in [0.15, 0.2) is 0 Å². The van der Waals surface area contributed by atoms with Crippen molar-refractivity contribution < 1.29 is 13.2 Å². The number of rotatable bonds is 6. The number of alkyl halides is 3. The molecule has 0 saturated carbocycles. The first-order valence-corrected chi connectivity index (χ1v) is 4.52. The minimum Gasteiger partial charge on any atom is -0.271 e. The molecule has 0 aromatic heterocycles. The molecule has 2 nitrogen and oxygen atoms in total. The SMILES string of the molecule is CCCCCC(CC(F)(F)F)NN. The third-order valence-electron chi connectivity index (χ3n) is 1.87. The number of nitrogens with two attached hydrogens (primary N) is 1. The van der Waals surface area contributed by atoms with E-state index in [4.69, 9.17) is 5.84 Å². The third-order valence-corrected chi connectivity index (χ3v) is 1.87. The van der Waals surface area contributed by atoms with Gasteiger partial charge in [0, 0.05) is 6.04 Å². The van der Waals surface area contributed by atoms with Gasteiger partial charge in [-0.15, -0.1) is 0 Å². The maximum atomic E-state index is 11.9. The van der Waals surface area contributed by atoms with Gasteiger partial charge in [-0.05, 0) is 6.42 Å². The van der Waals surface area contributed by atoms with E-state index in [1.54, 1.807) is 0 Å². The molecule has 1 atom stereocenters. The Kier molecular flexibility index (Phi) is 6.07. The van der Waals surface area contributed by atoms with Gasteiger partial charge in [0.2, 0.25) is 0 Å². The summed E-state index contributed by atoms with van der Waals surface area (Å²) in [5.74, 6) is 5.01. The fourth-order valence-corrected chi connectivity index (χ4v) is 1.16. The fraction of sp³-hybridized carbons (Fsp3) is 1.00. The quantitative estimate of drug-likeness (QED) is 0.390. The zero-order valence-corrected chi connectivity index (χ0v) is 7.82. The Morgan fingerprint density at radius 3 is 2.31 bits per heavy atom. The summed E-state index contributed by atoms with van der Waals surface area (Å²) in [5, 5.41) is 0. The molecule has 0 radical (unpaired) electrons. The minimum absolute atomic E-state index is 0.490. The molecule has 0 rings (SSSR count). The first kappa shape index (κ1) is 12.7. The van der Waals surface area contributed by atoms with Gasteiger partial charge in [-0.3, -0.25) is 11.3 Å². The molecule has 80 valence electrons. The topological polar surface area (TPSA) is 38.0 Å². The molecule has 0 aliphatic carbocycles. The lowest BCUT2D eigenvalue weighted by Crippen LogP contribution is -2.38. The van der Waals surface area contributed by atoms with E-state index < -0.39 is 18.6 Å². The highest BCUT2D eigenvalue weighted by Crippen LogP contribution is 2.23. The summed E-state index contributed by atoms with van der Waals surface area (Å²) in [6, 6.07) is -0.633. The lowest BCUT2D eigenvalue weighted by atomic mass is 10.1. The highest BCUT2D eigenvalue weighted by Gasteiger charge is 2.30. The first-order valence-electron chi connectivity index (χ1n) is 4.52. The van der Waals surface area contributed by atoms with E-state index in [0.29, 0.717) is 6.42 Å². The predicted molar refractivity (Wildman–Crippen MR) is 45.9 cm³/mol. The monoisotopic (exact) mass is 198 g/mol. The highest BCUT2D eigenvalue weighted by molar-refractivity contribution is 4.68. The van der Waals surface area contributed by atoms with Crippen molar-refractivity contribution in [3.8, 4) is 0 Å². The van der Waals surface area contributed by atoms with Gasteiger partial charge >= 0.3 is 6.18 Å². The van der Waals surface area contributed by atoms with Crippen molar-refractivity contribution in [1.29, 1.82) is 0 Å². The summed E-state index contributed by atoms with van der Waals surface area (Å²) >= 11 is 0. The van der Waals surface area contributed by atoms with E-state index in [2.05, 4.69) is 5.43 Å². The molecule has 3 N–H and O–H groups in total. The van der Waals surface area contributed by atoms with Crippen LogP contribution in [0.1, 0.15) is 39.0 Å². The van der Waals surface area contributed by atoms with E-state index >= 15 is 0 Å². The Bertz CT molecular complexity index is 125. The predicted octanol–water partition coefficient (Wildman–Crippen LogP) is 2.35. The van der Waals surface area contributed by atoms with Crippen LogP contribution in [0.25, 0.3) is 0 Å². The van der Waals surface area contributed by atoms with Crippen LogP contribution >= 0.6 is 0 Å². The fourth-order valence-electron chi connectivity index (χ4n) is 1.16. The van der Waals surface area contributed by atoms with Crippen LogP contribution < -0.4 is 11.3 Å². The van der Waals surface area contributed by atoms with Gasteiger partial charge in [-0.1, -0.05) is 26.2 Å². The summed E-state index contributed by atoms with van der Waals surface area (Å²) in [4.78, 5) is 0. The maximum Gasteiger partial charge on any atom is 0.390 e. The van der Waals surface area contributed by atoms with Crippen molar-refractivity contribution in [3.05, 3.63) is 0 Å². The van der Waals surface area contributed by atoms with Gasteiger partial charge < -0.3 is 0 Å². The van der Waals surface area contributed by atoms with Crippen LogP contribution in [0, 0.1) is 0 Å². The average Bonchev–Trinajstić information content (AvgIpc) is 2.01. The van der Waals surface area contributed by atoms with Gasteiger partial charge in [-0.2, -0.15) is 13.2 Å². The van der Waals surface area contributed by atoms with Crippen molar-refractivity contribution in [3.63, 3.8) is 0 Å². The smallest absolute Gasteiger partial charge is 0.271 e. The Hall–Kier alpha value is -0.290. The molecular weight excluding hydrogens is 181 g/mol. The minimum atomic E-state index is -4.12. The van der Waals surface area contributed by atoms with Crippen LogP contribution in [0.3, 0.4) is 0 Å². The van der Waals surface area contributed by atoms with Crippen molar-refractivity contribution in [2.24, 2.45) is 5.84 Å². The normalized spacial score (nSPS) is 14.5. The molecule has 0 bridgehead atoms. The van der Waals surface area contributed by atoms with Crippen LogP contribution in [0.15, 0.2) is 0 Å². The van der Waals surface area contributed by atoms with Crippen molar-refractivity contribution in [1.82, 2.24) is 5.43 Å². The molecule has 0 aromatic rings. The van der Waals surface area contributed by atoms with Crippen LogP contribution in [-0.4, -0.2) is 12.2 Å². The Morgan fingerprint density at radius 1 is 1.31 bits per heavy atom. The van der Waals surface area contributed by atoms with E-state index in [1.165, 1.54) is 0 Å². The third kappa shape index (κ3) is 8.05. The highest BCUT2D eigenvalue weighted by atomic mass is 19.4. The lowest BCUT2D eigenvalue weighted by molar-refractivity contribution is -0.140. The molecule has 0 fully saturated rings. The average molecular weight is 198 g/mol. The van der Waals surface area contributed by atoms with Gasteiger partial charge in [0.25, 0.3) is 0 Å². The summed E-state index contributed by atoms with van der Waals surface area (Å²) in [6.07, 6.45) is -1.72. The second kappa shape index (κ2) is 6.21. The second-order valence-corrected chi connectivity index (χ2v) is 3.18. The van der Waals surface area contributed by atoms with E-state index in [9.17, 15) is 13.2 Å². The molecule has 1 unspecified atom stereocenters. The van der Waals surface area contributed by atoms with Crippen LogP contribution in [0.4, 0.5) is 13.2 Å². The molecule has 0 aliphatic rings. The Labute approximate surface area is 76.7 Å². The molecule has 5 heteroatoms. The van der Waals surface area contributed by atoms with E-state index in [1.807, 2.05) is 6.92 Å². The second-order valence-electron chi connectivity index (χ2n) is 3.18. The zero-order chi connectivity index (χ0) is 10.3. The van der Waals surface area contributed by atoms with Gasteiger partial charge in [0.1, 0.15) is 0 Å². The molecule has 0 aromatic carbocycles. The van der Waals surface area contributed by atoms with Crippen molar-refractivity contribution in [2.45, 2.75) is 51.2 Å². The molecule has 0 heterocycles.